The topological polar surface area (TPSA) is 67.2 Å². The molecule has 0 amide bonds. The quantitative estimate of drug-likeness (QED) is 0.906. The first-order valence-corrected chi connectivity index (χ1v) is 8.88. The van der Waals surface area contributed by atoms with Crippen molar-refractivity contribution in [2.24, 2.45) is 7.05 Å². The van der Waals surface area contributed by atoms with Crippen LogP contribution in [0.5, 0.6) is 0 Å². The van der Waals surface area contributed by atoms with Crippen molar-refractivity contribution in [3.05, 3.63) is 11.4 Å². The lowest BCUT2D eigenvalue weighted by molar-refractivity contribution is 0.255. The lowest BCUT2D eigenvalue weighted by Crippen LogP contribution is -2.42. The van der Waals surface area contributed by atoms with Crippen molar-refractivity contribution >= 4 is 10.0 Å². The summed E-state index contributed by atoms with van der Waals surface area (Å²) < 4.78 is 29.0. The van der Waals surface area contributed by atoms with E-state index in [2.05, 4.69) is 10.4 Å². The van der Waals surface area contributed by atoms with Gasteiger partial charge in [0.25, 0.3) is 0 Å². The monoisotopic (exact) mass is 314 g/mol. The number of aromatic nitrogens is 2. The normalized spacial score (nSPS) is 23.7. The minimum atomic E-state index is -3.47. The molecule has 6 nitrogen and oxygen atoms in total. The largest absolute Gasteiger partial charge is 0.317 e. The van der Waals surface area contributed by atoms with Gasteiger partial charge < -0.3 is 5.32 Å². The Morgan fingerprint density at radius 3 is 2.24 bits per heavy atom. The third-order valence-corrected chi connectivity index (χ3v) is 6.86. The molecule has 0 atom stereocenters. The molecular weight excluding hydrogens is 288 g/mol. The van der Waals surface area contributed by atoms with E-state index in [0.29, 0.717) is 22.3 Å². The van der Waals surface area contributed by atoms with E-state index in [4.69, 9.17) is 0 Å². The molecule has 0 radical (unpaired) electrons. The molecule has 1 aromatic heterocycles. The van der Waals surface area contributed by atoms with Crippen molar-refractivity contribution in [1.29, 1.82) is 0 Å². The molecule has 7 heteroatoms. The molecule has 0 unspecified atom stereocenters. The van der Waals surface area contributed by atoms with Crippen LogP contribution < -0.4 is 5.32 Å². The average molecular weight is 314 g/mol. The maximum atomic E-state index is 12.9. The van der Waals surface area contributed by atoms with Gasteiger partial charge in [0.2, 0.25) is 10.0 Å². The van der Waals surface area contributed by atoms with E-state index in [-0.39, 0.29) is 6.04 Å². The lowest BCUT2D eigenvalue weighted by Gasteiger charge is -2.33. The second-order valence-corrected chi connectivity index (χ2v) is 7.87. The fraction of sp³-hybridized carbons (Fsp3) is 0.786. The summed E-state index contributed by atoms with van der Waals surface area (Å²) in [6, 6.07) is 0.595. The first-order valence-electron chi connectivity index (χ1n) is 7.44. The fourth-order valence-corrected chi connectivity index (χ4v) is 5.01. The molecule has 0 aromatic carbocycles. The van der Waals surface area contributed by atoms with Gasteiger partial charge in [0.1, 0.15) is 4.90 Å². The zero-order valence-electron chi connectivity index (χ0n) is 13.5. The molecule has 1 fully saturated rings. The Bertz CT molecular complexity index is 601. The maximum Gasteiger partial charge on any atom is 0.246 e. The highest BCUT2D eigenvalue weighted by molar-refractivity contribution is 7.89. The number of hydrogen-bond acceptors (Lipinski definition) is 4. The maximum absolute atomic E-state index is 12.9. The minimum Gasteiger partial charge on any atom is -0.317 e. The van der Waals surface area contributed by atoms with Crippen LogP contribution in [0.25, 0.3) is 0 Å². The zero-order valence-corrected chi connectivity index (χ0v) is 14.4. The minimum absolute atomic E-state index is 0.0820. The molecule has 1 heterocycles. The molecule has 2 rings (SSSR count). The Labute approximate surface area is 127 Å². The van der Waals surface area contributed by atoms with E-state index in [1.54, 1.807) is 36.9 Å². The van der Waals surface area contributed by atoms with Gasteiger partial charge >= 0.3 is 0 Å². The third-order valence-electron chi connectivity index (χ3n) is 4.70. The van der Waals surface area contributed by atoms with Gasteiger partial charge in [-0.05, 0) is 46.6 Å². The summed E-state index contributed by atoms with van der Waals surface area (Å²) in [5.41, 5.74) is 1.27. The van der Waals surface area contributed by atoms with Gasteiger partial charge in [0.15, 0.2) is 0 Å². The molecule has 1 N–H and O–H groups in total. The molecular formula is C14H26N4O2S. The third kappa shape index (κ3) is 3.00. The predicted octanol–water partition coefficient (Wildman–Crippen LogP) is 1.19. The Morgan fingerprint density at radius 1 is 1.24 bits per heavy atom. The molecule has 1 aromatic rings. The standard InChI is InChI=1S/C14H26N4O2S/c1-10-14(11(2)17(4)16-10)21(19,20)18(5)13-8-6-12(15-3)7-9-13/h12-13,15H,6-9H2,1-5H3. The smallest absolute Gasteiger partial charge is 0.246 e. The van der Waals surface area contributed by atoms with E-state index in [1.807, 2.05) is 7.05 Å². The van der Waals surface area contributed by atoms with E-state index >= 15 is 0 Å². The Hall–Kier alpha value is -0.920. The average Bonchev–Trinajstić information content (AvgIpc) is 2.71. The predicted molar refractivity (Wildman–Crippen MR) is 82.7 cm³/mol. The lowest BCUT2D eigenvalue weighted by atomic mass is 9.91. The fourth-order valence-electron chi connectivity index (χ4n) is 3.20. The molecule has 120 valence electrons. The summed E-state index contributed by atoms with van der Waals surface area (Å²) in [4.78, 5) is 0.364. The van der Waals surface area contributed by atoms with E-state index in [1.165, 1.54) is 0 Å². The van der Waals surface area contributed by atoms with Gasteiger partial charge in [0, 0.05) is 26.2 Å². The Morgan fingerprint density at radius 2 is 1.81 bits per heavy atom. The Balaban J connectivity index is 2.24. The van der Waals surface area contributed by atoms with Crippen LogP contribution in [0.4, 0.5) is 0 Å². The van der Waals surface area contributed by atoms with Crippen molar-refractivity contribution in [2.75, 3.05) is 14.1 Å². The summed E-state index contributed by atoms with van der Waals surface area (Å²) in [5, 5.41) is 7.50. The highest BCUT2D eigenvalue weighted by Crippen LogP contribution is 2.29. The van der Waals surface area contributed by atoms with Gasteiger partial charge in [-0.3, -0.25) is 4.68 Å². The number of rotatable bonds is 4. The van der Waals surface area contributed by atoms with Crippen LogP contribution in [-0.4, -0.2) is 48.7 Å². The van der Waals surface area contributed by atoms with Gasteiger partial charge in [0.05, 0.1) is 11.4 Å². The Kier molecular flexibility index (Phi) is 4.75. The molecule has 1 saturated carbocycles. The van der Waals surface area contributed by atoms with E-state index in [0.717, 1.165) is 25.7 Å². The van der Waals surface area contributed by atoms with Gasteiger partial charge in [-0.1, -0.05) is 0 Å². The SMILES string of the molecule is CNC1CCC(N(C)S(=O)(=O)c2c(C)nn(C)c2C)CC1. The van der Waals surface area contributed by atoms with Crippen molar-refractivity contribution < 1.29 is 8.42 Å². The summed E-state index contributed by atoms with van der Waals surface area (Å²) >= 11 is 0. The number of nitrogens with one attached hydrogen (secondary N) is 1. The first kappa shape index (κ1) is 16.5. The zero-order chi connectivity index (χ0) is 15.8. The molecule has 0 saturated heterocycles. The van der Waals surface area contributed by atoms with Crippen LogP contribution in [0.1, 0.15) is 37.1 Å². The highest BCUT2D eigenvalue weighted by atomic mass is 32.2. The molecule has 21 heavy (non-hydrogen) atoms. The van der Waals surface area contributed by atoms with E-state index in [9.17, 15) is 8.42 Å². The van der Waals surface area contributed by atoms with Crippen LogP contribution in [-0.2, 0) is 17.1 Å². The molecule has 0 aliphatic heterocycles. The number of hydrogen-bond donors (Lipinski definition) is 1. The number of nitrogens with zero attached hydrogens (tertiary/aromatic N) is 3. The van der Waals surface area contributed by atoms with Crippen LogP contribution in [0, 0.1) is 13.8 Å². The van der Waals surface area contributed by atoms with Gasteiger partial charge in [-0.25, -0.2) is 8.42 Å². The number of sulfonamides is 1. The molecule has 1 aliphatic rings. The van der Waals surface area contributed by atoms with Crippen LogP contribution in [0.2, 0.25) is 0 Å². The summed E-state index contributed by atoms with van der Waals surface area (Å²) in [6.07, 6.45) is 3.84. The van der Waals surface area contributed by atoms with Gasteiger partial charge in [-0.15, -0.1) is 0 Å². The second-order valence-electron chi connectivity index (χ2n) is 5.94. The van der Waals surface area contributed by atoms with Crippen molar-refractivity contribution in [2.45, 2.75) is 56.5 Å². The van der Waals surface area contributed by atoms with Crippen LogP contribution >= 0.6 is 0 Å². The van der Waals surface area contributed by atoms with Crippen LogP contribution in [0.15, 0.2) is 4.90 Å². The van der Waals surface area contributed by atoms with Crippen molar-refractivity contribution in [3.63, 3.8) is 0 Å². The molecule has 0 bridgehead atoms. The van der Waals surface area contributed by atoms with Crippen LogP contribution in [0.3, 0.4) is 0 Å². The summed E-state index contributed by atoms with van der Waals surface area (Å²) in [6.45, 7) is 3.56. The summed E-state index contributed by atoms with van der Waals surface area (Å²) in [7, 11) is 1.97. The molecule has 1 aliphatic carbocycles. The van der Waals surface area contributed by atoms with Crippen molar-refractivity contribution in [1.82, 2.24) is 19.4 Å². The van der Waals surface area contributed by atoms with E-state index < -0.39 is 10.0 Å². The first-order chi connectivity index (χ1) is 9.78. The highest BCUT2D eigenvalue weighted by Gasteiger charge is 2.34. The second kappa shape index (κ2) is 6.06. The van der Waals surface area contributed by atoms with Gasteiger partial charge in [-0.2, -0.15) is 9.40 Å². The number of aryl methyl sites for hydroxylation is 2. The molecule has 0 spiro atoms. The van der Waals surface area contributed by atoms with Crippen molar-refractivity contribution in [3.8, 4) is 0 Å². The summed E-state index contributed by atoms with van der Waals surface area (Å²) in [5.74, 6) is 0.